The van der Waals surface area contributed by atoms with E-state index in [4.69, 9.17) is 9.47 Å². The van der Waals surface area contributed by atoms with Crippen LogP contribution in [0.3, 0.4) is 0 Å². The Kier molecular flexibility index (Phi) is 5.59. The summed E-state index contributed by atoms with van der Waals surface area (Å²) < 4.78 is 13.3. The van der Waals surface area contributed by atoms with Gasteiger partial charge in [-0.25, -0.2) is 4.79 Å². The van der Waals surface area contributed by atoms with Gasteiger partial charge in [-0.1, -0.05) is 27.2 Å². The zero-order chi connectivity index (χ0) is 18.8. The lowest BCUT2D eigenvalue weighted by molar-refractivity contribution is -0.159. The number of esters is 1. The Bertz CT molecular complexity index is 764. The largest absolute Gasteiger partial charge is 0.497 e. The lowest BCUT2D eigenvalue weighted by Crippen LogP contribution is -2.37. The Balaban J connectivity index is 1.77. The fourth-order valence-electron chi connectivity index (χ4n) is 4.22. The first-order valence-corrected chi connectivity index (χ1v) is 9.75. The number of hydrogen-bond donors (Lipinski definition) is 0. The van der Waals surface area contributed by atoms with Gasteiger partial charge in [0.15, 0.2) is 0 Å². The number of ether oxygens (including phenoxy) is 2. The van der Waals surface area contributed by atoms with E-state index >= 15 is 0 Å². The van der Waals surface area contributed by atoms with E-state index in [1.165, 1.54) is 6.42 Å². The van der Waals surface area contributed by atoms with Crippen molar-refractivity contribution in [1.29, 1.82) is 0 Å². The molecule has 4 heteroatoms. The summed E-state index contributed by atoms with van der Waals surface area (Å²) in [7, 11) is 1.66. The van der Waals surface area contributed by atoms with Crippen LogP contribution in [-0.4, -0.2) is 23.8 Å². The van der Waals surface area contributed by atoms with E-state index in [-0.39, 0.29) is 18.1 Å². The second-order valence-corrected chi connectivity index (χ2v) is 8.13. The number of methoxy groups -OCH3 is 1. The number of aromatic nitrogens is 1. The number of nitrogens with zero attached hydrogens (tertiary/aromatic N) is 1. The Morgan fingerprint density at radius 2 is 1.96 bits per heavy atom. The summed E-state index contributed by atoms with van der Waals surface area (Å²) in [5, 5.41) is 1.07. The monoisotopic (exact) mass is 357 g/mol. The first-order valence-electron chi connectivity index (χ1n) is 9.75. The first kappa shape index (κ1) is 18.8. The molecular formula is C22H31NO3. The molecule has 26 heavy (non-hydrogen) atoms. The van der Waals surface area contributed by atoms with Crippen molar-refractivity contribution >= 4 is 16.9 Å². The van der Waals surface area contributed by atoms with Crippen molar-refractivity contribution in [2.45, 2.75) is 59.1 Å². The fraction of sp³-hybridized carbons (Fsp3) is 0.591. The van der Waals surface area contributed by atoms with E-state index in [1.807, 2.05) is 42.0 Å². The molecule has 3 rings (SSSR count). The van der Waals surface area contributed by atoms with E-state index in [2.05, 4.69) is 20.8 Å². The Morgan fingerprint density at radius 3 is 2.65 bits per heavy atom. The van der Waals surface area contributed by atoms with E-state index in [0.717, 1.165) is 29.5 Å². The second-order valence-electron chi connectivity index (χ2n) is 8.13. The molecule has 1 fully saturated rings. The maximum Gasteiger partial charge on any atom is 0.329 e. The molecule has 0 saturated heterocycles. The van der Waals surface area contributed by atoms with Crippen LogP contribution >= 0.6 is 0 Å². The molecule has 0 bridgehead atoms. The van der Waals surface area contributed by atoms with Crippen LogP contribution in [0.15, 0.2) is 30.5 Å². The molecule has 1 aliphatic rings. The molecule has 1 aromatic carbocycles. The average molecular weight is 357 g/mol. The van der Waals surface area contributed by atoms with Crippen LogP contribution in [0.4, 0.5) is 0 Å². The molecule has 0 radical (unpaired) electrons. The van der Waals surface area contributed by atoms with Crippen LogP contribution in [0.5, 0.6) is 5.75 Å². The van der Waals surface area contributed by atoms with Crippen LogP contribution in [-0.2, 0) is 9.53 Å². The summed E-state index contributed by atoms with van der Waals surface area (Å²) in [4.78, 5) is 12.9. The van der Waals surface area contributed by atoms with Crippen molar-refractivity contribution < 1.29 is 14.3 Å². The fourth-order valence-corrected chi connectivity index (χ4v) is 4.22. The average Bonchev–Trinajstić information content (AvgIpc) is 3.03. The molecule has 4 atom stereocenters. The molecule has 0 amide bonds. The highest BCUT2D eigenvalue weighted by Gasteiger charge is 2.34. The topological polar surface area (TPSA) is 40.5 Å². The molecule has 4 unspecified atom stereocenters. The second kappa shape index (κ2) is 7.73. The highest BCUT2D eigenvalue weighted by Crippen LogP contribution is 2.36. The maximum absolute atomic E-state index is 12.9. The zero-order valence-electron chi connectivity index (χ0n) is 16.6. The molecule has 1 aromatic heterocycles. The number of carbonyl (C=O) groups excluding carboxylic acids is 1. The van der Waals surface area contributed by atoms with Gasteiger partial charge in [0.2, 0.25) is 0 Å². The van der Waals surface area contributed by atoms with Gasteiger partial charge in [-0.15, -0.1) is 0 Å². The molecule has 0 aliphatic heterocycles. The Hall–Kier alpha value is -1.97. The third-order valence-electron chi connectivity index (χ3n) is 5.91. The predicted molar refractivity (Wildman–Crippen MR) is 104 cm³/mol. The summed E-state index contributed by atoms with van der Waals surface area (Å²) >= 11 is 0. The highest BCUT2D eigenvalue weighted by atomic mass is 16.5. The van der Waals surface area contributed by atoms with E-state index in [1.54, 1.807) is 7.11 Å². The van der Waals surface area contributed by atoms with Crippen molar-refractivity contribution in [2.24, 2.45) is 17.8 Å². The van der Waals surface area contributed by atoms with E-state index in [0.29, 0.717) is 17.8 Å². The van der Waals surface area contributed by atoms with Crippen molar-refractivity contribution in [2.75, 3.05) is 7.11 Å². The summed E-state index contributed by atoms with van der Waals surface area (Å²) in [6.45, 7) is 8.64. The van der Waals surface area contributed by atoms with Crippen molar-refractivity contribution in [3.05, 3.63) is 30.5 Å². The standard InChI is InChI=1S/C22H31NO3/c1-14(2)19-8-6-15(3)12-21(19)26-22(24)16(4)23-11-10-17-13-18(25-5)7-9-20(17)23/h7,9-11,13-16,19,21H,6,8,12H2,1-5H3. The molecule has 0 spiro atoms. The Labute approximate surface area is 156 Å². The van der Waals surface area contributed by atoms with Gasteiger partial charge in [0.25, 0.3) is 0 Å². The van der Waals surface area contributed by atoms with Crippen molar-refractivity contribution in [1.82, 2.24) is 4.57 Å². The number of hydrogen-bond acceptors (Lipinski definition) is 3. The molecule has 1 heterocycles. The van der Waals surface area contributed by atoms with Crippen LogP contribution in [0, 0.1) is 17.8 Å². The third-order valence-corrected chi connectivity index (χ3v) is 5.91. The van der Waals surface area contributed by atoms with Crippen molar-refractivity contribution in [3.63, 3.8) is 0 Å². The molecule has 4 nitrogen and oxygen atoms in total. The minimum absolute atomic E-state index is 0.0376. The maximum atomic E-state index is 12.9. The van der Waals surface area contributed by atoms with Gasteiger partial charge >= 0.3 is 5.97 Å². The summed E-state index contributed by atoms with van der Waals surface area (Å²) in [6, 6.07) is 7.58. The van der Waals surface area contributed by atoms with Gasteiger partial charge in [-0.05, 0) is 61.8 Å². The molecule has 1 aliphatic carbocycles. The van der Waals surface area contributed by atoms with Crippen molar-refractivity contribution in [3.8, 4) is 5.75 Å². The third kappa shape index (κ3) is 3.74. The molecule has 142 valence electrons. The van der Waals surface area contributed by atoms with Crippen LogP contribution in [0.1, 0.15) is 53.0 Å². The quantitative estimate of drug-likeness (QED) is 0.689. The minimum Gasteiger partial charge on any atom is -0.497 e. The van der Waals surface area contributed by atoms with Gasteiger partial charge in [-0.2, -0.15) is 0 Å². The molecule has 0 N–H and O–H groups in total. The predicted octanol–water partition coefficient (Wildman–Crippen LogP) is 5.21. The SMILES string of the molecule is COc1ccc2c(ccn2C(C)C(=O)OC2CC(C)CCC2C(C)C)c1. The summed E-state index contributed by atoms with van der Waals surface area (Å²) in [5.41, 5.74) is 1.02. The first-order chi connectivity index (χ1) is 12.4. The van der Waals surface area contributed by atoms with Crippen LogP contribution in [0.2, 0.25) is 0 Å². The van der Waals surface area contributed by atoms with Gasteiger partial charge in [-0.3, -0.25) is 0 Å². The molecule has 1 saturated carbocycles. The number of carbonyl (C=O) groups is 1. The lowest BCUT2D eigenvalue weighted by atomic mass is 9.75. The number of rotatable bonds is 5. The zero-order valence-corrected chi connectivity index (χ0v) is 16.6. The Morgan fingerprint density at radius 1 is 1.19 bits per heavy atom. The number of fused-ring (bicyclic) bond motifs is 1. The van der Waals surface area contributed by atoms with E-state index in [9.17, 15) is 4.79 Å². The molecular weight excluding hydrogens is 326 g/mol. The normalized spacial score (nSPS) is 24.6. The summed E-state index contributed by atoms with van der Waals surface area (Å²) in [6.07, 6.45) is 5.36. The summed E-state index contributed by atoms with van der Waals surface area (Å²) in [5.74, 6) is 2.31. The van der Waals surface area contributed by atoms with E-state index < -0.39 is 0 Å². The smallest absolute Gasteiger partial charge is 0.329 e. The van der Waals surface area contributed by atoms with Gasteiger partial charge < -0.3 is 14.0 Å². The number of benzene rings is 1. The highest BCUT2D eigenvalue weighted by molar-refractivity contribution is 5.84. The molecule has 2 aromatic rings. The van der Waals surface area contributed by atoms with Crippen LogP contribution < -0.4 is 4.74 Å². The van der Waals surface area contributed by atoms with Gasteiger partial charge in [0.05, 0.1) is 7.11 Å². The minimum atomic E-state index is -0.342. The van der Waals surface area contributed by atoms with Gasteiger partial charge in [0.1, 0.15) is 17.9 Å². The van der Waals surface area contributed by atoms with Crippen LogP contribution in [0.25, 0.3) is 10.9 Å². The lowest BCUT2D eigenvalue weighted by Gasteiger charge is -2.37. The van der Waals surface area contributed by atoms with Gasteiger partial charge in [0, 0.05) is 17.1 Å².